The second-order valence-corrected chi connectivity index (χ2v) is 5.11. The fourth-order valence-electron chi connectivity index (χ4n) is 2.06. The molecule has 0 aliphatic rings. The first-order valence-electron chi connectivity index (χ1n) is 7.18. The maximum atomic E-state index is 12.3. The number of amides is 1. The normalized spacial score (nSPS) is 13.2. The standard InChI is InChI=1S/C17H20N2O3/c1-3-22-16-14(10-7-11-18-16)15(20)19-12-17(2,21)13-8-5-4-6-9-13/h4-11,21H,3,12H2,1-2H3,(H,19,20). The van der Waals surface area contributed by atoms with Crippen molar-refractivity contribution in [2.75, 3.05) is 13.2 Å². The van der Waals surface area contributed by atoms with Crippen molar-refractivity contribution < 1.29 is 14.6 Å². The van der Waals surface area contributed by atoms with Gasteiger partial charge in [0.1, 0.15) is 11.2 Å². The molecule has 0 spiro atoms. The molecule has 2 N–H and O–H groups in total. The number of ether oxygens (including phenoxy) is 1. The number of aliphatic hydroxyl groups is 1. The Hall–Kier alpha value is -2.40. The Morgan fingerprint density at radius 2 is 2.00 bits per heavy atom. The summed E-state index contributed by atoms with van der Waals surface area (Å²) in [6.07, 6.45) is 1.57. The van der Waals surface area contributed by atoms with Gasteiger partial charge in [-0.2, -0.15) is 0 Å². The molecule has 0 bridgehead atoms. The lowest BCUT2D eigenvalue weighted by Gasteiger charge is -2.24. The topological polar surface area (TPSA) is 71.5 Å². The maximum Gasteiger partial charge on any atom is 0.256 e. The van der Waals surface area contributed by atoms with Crippen molar-refractivity contribution in [2.24, 2.45) is 0 Å². The van der Waals surface area contributed by atoms with Crippen molar-refractivity contribution in [3.63, 3.8) is 0 Å². The average Bonchev–Trinajstić information content (AvgIpc) is 2.54. The number of benzene rings is 1. The van der Waals surface area contributed by atoms with Crippen molar-refractivity contribution in [3.05, 3.63) is 59.8 Å². The number of aromatic nitrogens is 1. The molecule has 22 heavy (non-hydrogen) atoms. The van der Waals surface area contributed by atoms with Crippen LogP contribution < -0.4 is 10.1 Å². The molecular formula is C17H20N2O3. The van der Waals surface area contributed by atoms with E-state index in [0.717, 1.165) is 5.56 Å². The van der Waals surface area contributed by atoms with E-state index in [1.807, 2.05) is 37.3 Å². The molecule has 0 saturated heterocycles. The van der Waals surface area contributed by atoms with E-state index >= 15 is 0 Å². The Morgan fingerprint density at radius 1 is 1.27 bits per heavy atom. The van der Waals surface area contributed by atoms with Crippen LogP contribution in [-0.4, -0.2) is 29.1 Å². The van der Waals surface area contributed by atoms with E-state index in [-0.39, 0.29) is 12.5 Å². The zero-order chi connectivity index (χ0) is 16.0. The van der Waals surface area contributed by atoms with Crippen LogP contribution in [0.5, 0.6) is 5.88 Å². The Balaban J connectivity index is 2.07. The minimum atomic E-state index is -1.15. The zero-order valence-electron chi connectivity index (χ0n) is 12.7. The van der Waals surface area contributed by atoms with Gasteiger partial charge in [0, 0.05) is 6.20 Å². The predicted molar refractivity (Wildman–Crippen MR) is 83.8 cm³/mol. The molecule has 0 radical (unpaired) electrons. The van der Waals surface area contributed by atoms with Crippen molar-refractivity contribution in [1.82, 2.24) is 10.3 Å². The number of carbonyl (C=O) groups excluding carboxylic acids is 1. The summed E-state index contributed by atoms with van der Waals surface area (Å²) >= 11 is 0. The summed E-state index contributed by atoms with van der Waals surface area (Å²) in [5.74, 6) is -0.0328. The molecule has 1 amide bonds. The first kappa shape index (κ1) is 16.0. The molecule has 1 unspecified atom stereocenters. The molecule has 0 fully saturated rings. The van der Waals surface area contributed by atoms with E-state index in [9.17, 15) is 9.90 Å². The van der Waals surface area contributed by atoms with Crippen LogP contribution in [0.1, 0.15) is 29.8 Å². The minimum Gasteiger partial charge on any atom is -0.477 e. The van der Waals surface area contributed by atoms with Gasteiger partial charge in [-0.25, -0.2) is 4.98 Å². The van der Waals surface area contributed by atoms with Gasteiger partial charge in [-0.1, -0.05) is 30.3 Å². The monoisotopic (exact) mass is 300 g/mol. The van der Waals surface area contributed by atoms with E-state index in [4.69, 9.17) is 4.74 Å². The molecule has 5 heteroatoms. The molecular weight excluding hydrogens is 280 g/mol. The highest BCUT2D eigenvalue weighted by Crippen LogP contribution is 2.20. The highest BCUT2D eigenvalue weighted by atomic mass is 16.5. The molecule has 0 aliphatic carbocycles. The van der Waals surface area contributed by atoms with E-state index < -0.39 is 5.60 Å². The number of hydrogen-bond acceptors (Lipinski definition) is 4. The maximum absolute atomic E-state index is 12.3. The third kappa shape index (κ3) is 3.83. The van der Waals surface area contributed by atoms with Gasteiger partial charge in [0.2, 0.25) is 5.88 Å². The molecule has 0 saturated carbocycles. The van der Waals surface area contributed by atoms with Crippen LogP contribution in [0.3, 0.4) is 0 Å². The smallest absolute Gasteiger partial charge is 0.256 e. The van der Waals surface area contributed by atoms with Crippen LogP contribution in [0.2, 0.25) is 0 Å². The Morgan fingerprint density at radius 3 is 2.68 bits per heavy atom. The van der Waals surface area contributed by atoms with Gasteiger partial charge in [0.25, 0.3) is 5.91 Å². The van der Waals surface area contributed by atoms with E-state index in [1.165, 1.54) is 0 Å². The number of rotatable bonds is 6. The first-order chi connectivity index (χ1) is 10.5. The van der Waals surface area contributed by atoms with Crippen LogP contribution in [0.25, 0.3) is 0 Å². The number of nitrogens with zero attached hydrogens (tertiary/aromatic N) is 1. The van der Waals surface area contributed by atoms with Gasteiger partial charge in [-0.15, -0.1) is 0 Å². The summed E-state index contributed by atoms with van der Waals surface area (Å²) in [4.78, 5) is 16.3. The number of pyridine rings is 1. The third-order valence-corrected chi connectivity index (χ3v) is 3.29. The zero-order valence-corrected chi connectivity index (χ0v) is 12.7. The summed E-state index contributed by atoms with van der Waals surface area (Å²) in [5, 5.41) is 13.2. The minimum absolute atomic E-state index is 0.0936. The largest absolute Gasteiger partial charge is 0.477 e. The number of carbonyl (C=O) groups is 1. The van der Waals surface area contributed by atoms with Crippen molar-refractivity contribution >= 4 is 5.91 Å². The van der Waals surface area contributed by atoms with E-state index in [1.54, 1.807) is 25.3 Å². The van der Waals surface area contributed by atoms with Gasteiger partial charge in [0.05, 0.1) is 13.2 Å². The summed E-state index contributed by atoms with van der Waals surface area (Å²) in [5.41, 5.74) is -0.0509. The molecule has 1 atom stereocenters. The number of hydrogen-bond donors (Lipinski definition) is 2. The van der Waals surface area contributed by atoms with Crippen LogP contribution in [0.4, 0.5) is 0 Å². The molecule has 5 nitrogen and oxygen atoms in total. The molecule has 2 rings (SSSR count). The SMILES string of the molecule is CCOc1ncccc1C(=O)NCC(C)(O)c1ccccc1. The van der Waals surface area contributed by atoms with Crippen LogP contribution >= 0.6 is 0 Å². The lowest BCUT2D eigenvalue weighted by molar-refractivity contribution is 0.0525. The lowest BCUT2D eigenvalue weighted by atomic mass is 9.96. The molecule has 0 aliphatic heterocycles. The third-order valence-electron chi connectivity index (χ3n) is 3.29. The summed E-state index contributed by atoms with van der Waals surface area (Å²) in [6, 6.07) is 12.5. The molecule has 1 aromatic carbocycles. The van der Waals surface area contributed by atoms with E-state index in [0.29, 0.717) is 18.1 Å². The van der Waals surface area contributed by atoms with Crippen molar-refractivity contribution in [2.45, 2.75) is 19.4 Å². The van der Waals surface area contributed by atoms with Gasteiger partial charge in [-0.05, 0) is 31.5 Å². The molecule has 2 aromatic rings. The van der Waals surface area contributed by atoms with Gasteiger partial charge in [-0.3, -0.25) is 4.79 Å². The second-order valence-electron chi connectivity index (χ2n) is 5.11. The predicted octanol–water partition coefficient (Wildman–Crippen LogP) is 2.12. The van der Waals surface area contributed by atoms with Gasteiger partial charge in [0.15, 0.2) is 0 Å². The molecule has 116 valence electrons. The highest BCUT2D eigenvalue weighted by molar-refractivity contribution is 5.96. The lowest BCUT2D eigenvalue weighted by Crippen LogP contribution is -2.38. The first-order valence-corrected chi connectivity index (χ1v) is 7.18. The second kappa shape index (κ2) is 7.04. The Bertz CT molecular complexity index is 627. The fourth-order valence-corrected chi connectivity index (χ4v) is 2.06. The number of nitrogens with one attached hydrogen (secondary N) is 1. The summed E-state index contributed by atoms with van der Waals surface area (Å²) in [6.45, 7) is 4.02. The van der Waals surface area contributed by atoms with Crippen LogP contribution in [-0.2, 0) is 5.60 Å². The fraction of sp³-hybridized carbons (Fsp3) is 0.294. The van der Waals surface area contributed by atoms with Crippen LogP contribution in [0, 0.1) is 0 Å². The van der Waals surface area contributed by atoms with Crippen molar-refractivity contribution in [1.29, 1.82) is 0 Å². The van der Waals surface area contributed by atoms with E-state index in [2.05, 4.69) is 10.3 Å². The van der Waals surface area contributed by atoms with Gasteiger partial charge >= 0.3 is 0 Å². The summed E-state index contributed by atoms with van der Waals surface area (Å²) < 4.78 is 5.34. The average molecular weight is 300 g/mol. The van der Waals surface area contributed by atoms with Crippen molar-refractivity contribution in [3.8, 4) is 5.88 Å². The highest BCUT2D eigenvalue weighted by Gasteiger charge is 2.24. The Kier molecular flexibility index (Phi) is 5.12. The van der Waals surface area contributed by atoms with Crippen LogP contribution in [0.15, 0.2) is 48.7 Å². The molecule has 1 heterocycles. The summed E-state index contributed by atoms with van der Waals surface area (Å²) in [7, 11) is 0. The quantitative estimate of drug-likeness (QED) is 0.857. The van der Waals surface area contributed by atoms with Gasteiger partial charge < -0.3 is 15.2 Å². The Labute approximate surface area is 130 Å². The molecule has 1 aromatic heterocycles.